The van der Waals surface area contributed by atoms with Crippen LogP contribution in [0.25, 0.3) is 0 Å². The van der Waals surface area contributed by atoms with Crippen LogP contribution in [0.5, 0.6) is 0 Å². The van der Waals surface area contributed by atoms with Crippen molar-refractivity contribution in [3.05, 3.63) is 94.5 Å². The zero-order valence-corrected chi connectivity index (χ0v) is 25.4. The predicted octanol–water partition coefficient (Wildman–Crippen LogP) is 5.95. The fourth-order valence-electron chi connectivity index (χ4n) is 4.28. The van der Waals surface area contributed by atoms with E-state index in [4.69, 9.17) is 23.2 Å². The standard InChI is InChI=1S/C30H35Cl2N3O4S/c1-5-27(29(37)33-30(2,3)4)34(17-16-22-12-8-6-9-13-22)28(36)21-35(25-19-23(31)18-24(32)20-25)40(38,39)26-14-10-7-11-15-26/h6-15,18-20,27H,5,16-17,21H2,1-4H3,(H,33,37)/t27-/m1/s1. The van der Waals surface area contributed by atoms with Crippen molar-refractivity contribution in [1.29, 1.82) is 0 Å². The van der Waals surface area contributed by atoms with Gasteiger partial charge in [-0.05, 0) is 69.5 Å². The van der Waals surface area contributed by atoms with Crippen LogP contribution in [-0.2, 0) is 26.0 Å². The third-order valence-corrected chi connectivity index (χ3v) is 8.34. The highest BCUT2D eigenvalue weighted by atomic mass is 35.5. The van der Waals surface area contributed by atoms with E-state index in [0.717, 1.165) is 9.87 Å². The molecule has 0 aromatic heterocycles. The summed E-state index contributed by atoms with van der Waals surface area (Å²) < 4.78 is 28.7. The second-order valence-electron chi connectivity index (χ2n) is 10.4. The molecule has 10 heteroatoms. The highest BCUT2D eigenvalue weighted by molar-refractivity contribution is 7.92. The summed E-state index contributed by atoms with van der Waals surface area (Å²) in [6.07, 6.45) is 0.831. The molecule has 7 nitrogen and oxygen atoms in total. The maximum absolute atomic E-state index is 14.0. The molecule has 1 atom stereocenters. The van der Waals surface area contributed by atoms with Gasteiger partial charge in [0.25, 0.3) is 10.0 Å². The Bertz CT molecular complexity index is 1390. The monoisotopic (exact) mass is 603 g/mol. The van der Waals surface area contributed by atoms with Gasteiger partial charge < -0.3 is 10.2 Å². The summed E-state index contributed by atoms with van der Waals surface area (Å²) in [6, 6.07) is 21.0. The highest BCUT2D eigenvalue weighted by Crippen LogP contribution is 2.30. The zero-order valence-electron chi connectivity index (χ0n) is 23.1. The van der Waals surface area contributed by atoms with E-state index in [0.29, 0.717) is 12.8 Å². The van der Waals surface area contributed by atoms with Gasteiger partial charge in [0.15, 0.2) is 0 Å². The molecule has 2 amide bonds. The summed E-state index contributed by atoms with van der Waals surface area (Å²) in [6.45, 7) is 7.09. The third kappa shape index (κ3) is 8.46. The number of nitrogens with one attached hydrogen (secondary N) is 1. The molecule has 0 aliphatic carbocycles. The lowest BCUT2D eigenvalue weighted by Gasteiger charge is -2.34. The molecule has 0 heterocycles. The van der Waals surface area contributed by atoms with Crippen LogP contribution in [0.2, 0.25) is 10.0 Å². The molecule has 0 saturated heterocycles. The molecule has 0 aliphatic rings. The smallest absolute Gasteiger partial charge is 0.264 e. The van der Waals surface area contributed by atoms with Crippen molar-refractivity contribution in [1.82, 2.24) is 10.2 Å². The first-order valence-corrected chi connectivity index (χ1v) is 15.2. The van der Waals surface area contributed by atoms with E-state index >= 15 is 0 Å². The Hall–Kier alpha value is -3.07. The second kappa shape index (κ2) is 13.5. The van der Waals surface area contributed by atoms with Crippen LogP contribution in [0.4, 0.5) is 5.69 Å². The van der Waals surface area contributed by atoms with Gasteiger partial charge in [-0.15, -0.1) is 0 Å². The van der Waals surface area contributed by atoms with Crippen LogP contribution in [0, 0.1) is 0 Å². The number of carbonyl (C=O) groups is 2. The fraction of sp³-hybridized carbons (Fsp3) is 0.333. The number of benzene rings is 3. The molecular weight excluding hydrogens is 569 g/mol. The minimum absolute atomic E-state index is 0.00671. The number of halogens is 2. The fourth-order valence-corrected chi connectivity index (χ4v) is 6.21. The number of sulfonamides is 1. The van der Waals surface area contributed by atoms with Crippen molar-refractivity contribution in [2.24, 2.45) is 0 Å². The number of carbonyl (C=O) groups excluding carboxylic acids is 2. The Balaban J connectivity index is 2.04. The number of amides is 2. The van der Waals surface area contributed by atoms with E-state index in [1.54, 1.807) is 18.2 Å². The molecular formula is C30H35Cl2N3O4S. The minimum Gasteiger partial charge on any atom is -0.350 e. The normalized spacial score (nSPS) is 12.4. The SMILES string of the molecule is CC[C@H](C(=O)NC(C)(C)C)N(CCc1ccccc1)C(=O)CN(c1cc(Cl)cc(Cl)c1)S(=O)(=O)c1ccccc1. The number of hydrogen-bond acceptors (Lipinski definition) is 4. The van der Waals surface area contributed by atoms with Gasteiger partial charge in [-0.25, -0.2) is 8.42 Å². The molecule has 3 aromatic carbocycles. The number of rotatable bonds is 11. The summed E-state index contributed by atoms with van der Waals surface area (Å²) >= 11 is 12.5. The van der Waals surface area contributed by atoms with Crippen molar-refractivity contribution in [2.75, 3.05) is 17.4 Å². The molecule has 0 aliphatic heterocycles. The number of anilines is 1. The molecule has 0 bridgehead atoms. The van der Waals surface area contributed by atoms with E-state index in [2.05, 4.69) is 5.32 Å². The van der Waals surface area contributed by atoms with Crippen LogP contribution in [0.15, 0.2) is 83.8 Å². The van der Waals surface area contributed by atoms with Crippen LogP contribution >= 0.6 is 23.2 Å². The van der Waals surface area contributed by atoms with Gasteiger partial charge >= 0.3 is 0 Å². The Morgan fingerprint density at radius 1 is 0.900 bits per heavy atom. The average Bonchev–Trinajstić information content (AvgIpc) is 2.88. The summed E-state index contributed by atoms with van der Waals surface area (Å²) in [5, 5.41) is 3.40. The van der Waals surface area contributed by atoms with E-state index in [1.165, 1.54) is 35.2 Å². The first-order valence-electron chi connectivity index (χ1n) is 13.0. The van der Waals surface area contributed by atoms with E-state index in [9.17, 15) is 18.0 Å². The molecule has 3 aromatic rings. The van der Waals surface area contributed by atoms with E-state index < -0.39 is 34.1 Å². The molecule has 0 saturated carbocycles. The topological polar surface area (TPSA) is 86.8 Å². The van der Waals surface area contributed by atoms with Crippen molar-refractivity contribution in [2.45, 2.75) is 57.0 Å². The predicted molar refractivity (Wildman–Crippen MR) is 161 cm³/mol. The first-order chi connectivity index (χ1) is 18.8. The molecule has 3 rings (SSSR count). The molecule has 40 heavy (non-hydrogen) atoms. The minimum atomic E-state index is -4.20. The Morgan fingerprint density at radius 2 is 1.45 bits per heavy atom. The van der Waals surface area contributed by atoms with Gasteiger partial charge in [-0.1, -0.05) is 78.7 Å². The lowest BCUT2D eigenvalue weighted by molar-refractivity contribution is -0.140. The maximum Gasteiger partial charge on any atom is 0.264 e. The van der Waals surface area contributed by atoms with Crippen LogP contribution in [0.3, 0.4) is 0 Å². The summed E-state index contributed by atoms with van der Waals surface area (Å²) in [7, 11) is -4.20. The van der Waals surface area contributed by atoms with E-state index in [-0.39, 0.29) is 33.1 Å². The van der Waals surface area contributed by atoms with Crippen molar-refractivity contribution in [3.63, 3.8) is 0 Å². The van der Waals surface area contributed by atoms with Gasteiger partial charge in [0.2, 0.25) is 11.8 Å². The van der Waals surface area contributed by atoms with Crippen LogP contribution in [0.1, 0.15) is 39.7 Å². The summed E-state index contributed by atoms with van der Waals surface area (Å²) in [4.78, 5) is 28.9. The first kappa shape index (κ1) is 31.5. The lowest BCUT2D eigenvalue weighted by Crippen LogP contribution is -2.56. The Kier molecular flexibility index (Phi) is 10.6. The summed E-state index contributed by atoms with van der Waals surface area (Å²) in [5.41, 5.74) is 0.616. The molecule has 1 N–H and O–H groups in total. The molecule has 0 unspecified atom stereocenters. The highest BCUT2D eigenvalue weighted by Gasteiger charge is 2.34. The van der Waals surface area contributed by atoms with E-state index in [1.807, 2.05) is 58.0 Å². The number of hydrogen-bond donors (Lipinski definition) is 1. The van der Waals surface area contributed by atoms with Crippen molar-refractivity contribution < 1.29 is 18.0 Å². The molecule has 0 fully saturated rings. The zero-order chi connectivity index (χ0) is 29.5. The third-order valence-electron chi connectivity index (χ3n) is 6.11. The summed E-state index contributed by atoms with van der Waals surface area (Å²) in [5.74, 6) is -0.831. The lowest BCUT2D eigenvalue weighted by atomic mass is 10.1. The van der Waals surface area contributed by atoms with Crippen LogP contribution in [-0.4, -0.2) is 49.8 Å². The molecule has 0 radical (unpaired) electrons. The Morgan fingerprint density at radius 3 is 1.98 bits per heavy atom. The van der Waals surface area contributed by atoms with Gasteiger partial charge in [0.05, 0.1) is 10.6 Å². The van der Waals surface area contributed by atoms with Crippen molar-refractivity contribution in [3.8, 4) is 0 Å². The number of nitrogens with zero attached hydrogens (tertiary/aromatic N) is 2. The largest absolute Gasteiger partial charge is 0.350 e. The maximum atomic E-state index is 14.0. The average molecular weight is 605 g/mol. The Labute approximate surface area is 247 Å². The van der Waals surface area contributed by atoms with Crippen LogP contribution < -0.4 is 9.62 Å². The van der Waals surface area contributed by atoms with Gasteiger partial charge in [0.1, 0.15) is 12.6 Å². The van der Waals surface area contributed by atoms with Gasteiger partial charge in [-0.3, -0.25) is 13.9 Å². The second-order valence-corrected chi connectivity index (χ2v) is 13.2. The molecule has 214 valence electrons. The van der Waals surface area contributed by atoms with Crippen molar-refractivity contribution >= 4 is 50.7 Å². The quantitative estimate of drug-likeness (QED) is 0.293. The van der Waals surface area contributed by atoms with Gasteiger partial charge in [0, 0.05) is 22.1 Å². The van der Waals surface area contributed by atoms with Gasteiger partial charge in [-0.2, -0.15) is 0 Å². The molecule has 0 spiro atoms.